The number of nitrogens with zero attached hydrogens (tertiary/aromatic N) is 1. The quantitative estimate of drug-likeness (QED) is 0.675. The Morgan fingerprint density at radius 3 is 2.35 bits per heavy atom. The van der Waals surface area contributed by atoms with Crippen LogP contribution in [-0.2, 0) is 17.8 Å². The van der Waals surface area contributed by atoms with Crippen molar-refractivity contribution in [1.82, 2.24) is 10.2 Å². The van der Waals surface area contributed by atoms with E-state index in [-0.39, 0.29) is 11.7 Å². The number of carbonyl (C=O) groups is 1. The Morgan fingerprint density at radius 1 is 1.06 bits per heavy atom. The number of hydrogen-bond donors (Lipinski definition) is 1. The zero-order valence-electron chi connectivity index (χ0n) is 17.5. The summed E-state index contributed by atoms with van der Waals surface area (Å²) in [5.74, 6) is 0.880. The van der Waals surface area contributed by atoms with Gasteiger partial charge < -0.3 is 14.8 Å². The highest BCUT2D eigenvalue weighted by atomic mass is 19.4. The van der Waals surface area contributed by atoms with Crippen LogP contribution < -0.4 is 14.8 Å². The van der Waals surface area contributed by atoms with Crippen molar-refractivity contribution < 1.29 is 27.4 Å². The molecule has 1 aliphatic rings. The molecule has 0 unspecified atom stereocenters. The van der Waals surface area contributed by atoms with Crippen LogP contribution in [0.15, 0.2) is 48.5 Å². The number of piperidine rings is 1. The van der Waals surface area contributed by atoms with Crippen LogP contribution in [0.25, 0.3) is 0 Å². The maximum absolute atomic E-state index is 12.3. The fourth-order valence-electron chi connectivity index (χ4n) is 3.77. The van der Waals surface area contributed by atoms with E-state index in [1.54, 1.807) is 19.2 Å². The first-order valence-corrected chi connectivity index (χ1v) is 10.3. The largest absolute Gasteiger partial charge is 0.573 e. The number of nitrogens with one attached hydrogen (secondary N) is 1. The van der Waals surface area contributed by atoms with Gasteiger partial charge in [0.2, 0.25) is 5.91 Å². The molecule has 8 heteroatoms. The number of rotatable bonds is 8. The van der Waals surface area contributed by atoms with Crippen LogP contribution in [0, 0.1) is 5.92 Å². The molecule has 1 aliphatic heterocycles. The number of carbonyl (C=O) groups excluding carboxylic acids is 1. The molecule has 5 nitrogen and oxygen atoms in total. The molecule has 1 heterocycles. The third kappa shape index (κ3) is 7.79. The van der Waals surface area contributed by atoms with Gasteiger partial charge in [0.1, 0.15) is 11.5 Å². The molecule has 0 spiro atoms. The number of ether oxygens (including phenoxy) is 2. The minimum Gasteiger partial charge on any atom is -0.497 e. The first-order chi connectivity index (χ1) is 14.8. The highest BCUT2D eigenvalue weighted by Gasteiger charge is 2.31. The van der Waals surface area contributed by atoms with E-state index in [1.165, 1.54) is 12.1 Å². The SMILES string of the molecule is COc1ccc(CC(=O)NC[C@H]2CCCN(Cc3ccc(OC(F)(F)F)cc3)C2)cc1. The molecule has 1 fully saturated rings. The highest BCUT2D eigenvalue weighted by molar-refractivity contribution is 5.78. The molecular formula is C23H27F3N2O3. The van der Waals surface area contributed by atoms with E-state index < -0.39 is 6.36 Å². The summed E-state index contributed by atoms with van der Waals surface area (Å²) in [5.41, 5.74) is 1.86. The molecule has 1 saturated heterocycles. The fourth-order valence-corrected chi connectivity index (χ4v) is 3.77. The van der Waals surface area contributed by atoms with E-state index in [9.17, 15) is 18.0 Å². The Morgan fingerprint density at radius 2 is 1.71 bits per heavy atom. The predicted molar refractivity (Wildman–Crippen MR) is 111 cm³/mol. The lowest BCUT2D eigenvalue weighted by molar-refractivity contribution is -0.274. The van der Waals surface area contributed by atoms with E-state index in [1.807, 2.05) is 24.3 Å². The van der Waals surface area contributed by atoms with Gasteiger partial charge in [0.15, 0.2) is 0 Å². The minimum absolute atomic E-state index is 0.0115. The Balaban J connectivity index is 1.43. The molecule has 2 aromatic carbocycles. The molecule has 1 amide bonds. The monoisotopic (exact) mass is 436 g/mol. The third-order valence-electron chi connectivity index (χ3n) is 5.28. The Bertz CT molecular complexity index is 839. The molecule has 168 valence electrons. The molecule has 1 atom stereocenters. The molecule has 0 bridgehead atoms. The molecule has 0 aliphatic carbocycles. The average molecular weight is 436 g/mol. The van der Waals surface area contributed by atoms with Gasteiger partial charge in [0, 0.05) is 19.6 Å². The number of halogens is 3. The van der Waals surface area contributed by atoms with Crippen LogP contribution in [0.4, 0.5) is 13.2 Å². The topological polar surface area (TPSA) is 50.8 Å². The Hall–Kier alpha value is -2.74. The zero-order chi connectivity index (χ0) is 22.3. The molecule has 0 aromatic heterocycles. The van der Waals surface area contributed by atoms with Crippen molar-refractivity contribution in [2.45, 2.75) is 32.2 Å². The molecule has 0 radical (unpaired) electrons. The smallest absolute Gasteiger partial charge is 0.497 e. The van der Waals surface area contributed by atoms with Crippen molar-refractivity contribution >= 4 is 5.91 Å². The lowest BCUT2D eigenvalue weighted by Gasteiger charge is -2.33. The van der Waals surface area contributed by atoms with Crippen molar-refractivity contribution in [3.05, 3.63) is 59.7 Å². The standard InChI is InChI=1S/C23H27F3N2O3/c1-30-20-8-4-17(5-9-20)13-22(29)27-14-19-3-2-12-28(16-19)15-18-6-10-21(11-7-18)31-23(24,25)26/h4-11,19H,2-3,12-16H2,1H3,(H,27,29)/t19-/m1/s1. The average Bonchev–Trinajstić information content (AvgIpc) is 2.73. The minimum atomic E-state index is -4.68. The highest BCUT2D eigenvalue weighted by Crippen LogP contribution is 2.24. The van der Waals surface area contributed by atoms with E-state index >= 15 is 0 Å². The van der Waals surface area contributed by atoms with Gasteiger partial charge in [-0.05, 0) is 60.7 Å². The van der Waals surface area contributed by atoms with Gasteiger partial charge in [-0.1, -0.05) is 24.3 Å². The summed E-state index contributed by atoms with van der Waals surface area (Å²) in [7, 11) is 1.60. The van der Waals surface area contributed by atoms with Crippen LogP contribution in [0.5, 0.6) is 11.5 Å². The van der Waals surface area contributed by atoms with Gasteiger partial charge >= 0.3 is 6.36 Å². The summed E-state index contributed by atoms with van der Waals surface area (Å²) >= 11 is 0. The third-order valence-corrected chi connectivity index (χ3v) is 5.28. The van der Waals surface area contributed by atoms with E-state index in [0.29, 0.717) is 25.4 Å². The number of hydrogen-bond acceptors (Lipinski definition) is 4. The van der Waals surface area contributed by atoms with Crippen LogP contribution >= 0.6 is 0 Å². The van der Waals surface area contributed by atoms with Crippen molar-refractivity contribution in [3.8, 4) is 11.5 Å². The van der Waals surface area contributed by atoms with Crippen LogP contribution in [0.1, 0.15) is 24.0 Å². The number of amides is 1. The van der Waals surface area contributed by atoms with Gasteiger partial charge in [0.05, 0.1) is 13.5 Å². The summed E-state index contributed by atoms with van der Waals surface area (Å²) in [6.07, 6.45) is -2.29. The maximum atomic E-state index is 12.3. The van der Waals surface area contributed by atoms with Crippen molar-refractivity contribution in [2.24, 2.45) is 5.92 Å². The number of benzene rings is 2. The summed E-state index contributed by atoms with van der Waals surface area (Å²) in [5, 5.41) is 3.02. The lowest BCUT2D eigenvalue weighted by atomic mass is 9.97. The van der Waals surface area contributed by atoms with Gasteiger partial charge in [0.25, 0.3) is 0 Å². The van der Waals surface area contributed by atoms with Crippen LogP contribution in [-0.4, -0.2) is 43.9 Å². The summed E-state index contributed by atoms with van der Waals surface area (Å²) < 4.78 is 45.9. The number of alkyl halides is 3. The van der Waals surface area contributed by atoms with E-state index in [4.69, 9.17) is 4.74 Å². The first kappa shape index (κ1) is 22.9. The molecule has 2 aromatic rings. The van der Waals surface area contributed by atoms with Gasteiger partial charge in [-0.2, -0.15) is 0 Å². The van der Waals surface area contributed by atoms with E-state index in [2.05, 4.69) is 15.0 Å². The first-order valence-electron chi connectivity index (χ1n) is 10.3. The normalized spacial score (nSPS) is 17.2. The van der Waals surface area contributed by atoms with Gasteiger partial charge in [-0.3, -0.25) is 9.69 Å². The van der Waals surface area contributed by atoms with Gasteiger partial charge in [-0.15, -0.1) is 13.2 Å². The maximum Gasteiger partial charge on any atom is 0.573 e. The van der Waals surface area contributed by atoms with Crippen LogP contribution in [0.3, 0.4) is 0 Å². The summed E-state index contributed by atoms with van der Waals surface area (Å²) in [6.45, 7) is 3.03. The lowest BCUT2D eigenvalue weighted by Crippen LogP contribution is -2.40. The van der Waals surface area contributed by atoms with Crippen LogP contribution in [0.2, 0.25) is 0 Å². The molecule has 1 N–H and O–H groups in total. The molecule has 3 rings (SSSR count). The van der Waals surface area contributed by atoms with Crippen molar-refractivity contribution in [3.63, 3.8) is 0 Å². The van der Waals surface area contributed by atoms with Crippen molar-refractivity contribution in [1.29, 1.82) is 0 Å². The Kier molecular flexibility index (Phi) is 7.79. The second kappa shape index (κ2) is 10.5. The second-order valence-corrected chi connectivity index (χ2v) is 7.76. The summed E-state index contributed by atoms with van der Waals surface area (Å²) in [6, 6.07) is 13.4. The summed E-state index contributed by atoms with van der Waals surface area (Å²) in [4.78, 5) is 14.5. The number of methoxy groups -OCH3 is 1. The predicted octanol–water partition coefficient (Wildman–Crippen LogP) is 4.16. The number of likely N-dealkylation sites (tertiary alicyclic amines) is 1. The fraction of sp³-hybridized carbons (Fsp3) is 0.435. The molecule has 0 saturated carbocycles. The van der Waals surface area contributed by atoms with Crippen molar-refractivity contribution in [2.75, 3.05) is 26.7 Å². The molecular weight excluding hydrogens is 409 g/mol. The molecule has 31 heavy (non-hydrogen) atoms. The zero-order valence-corrected chi connectivity index (χ0v) is 17.5. The second-order valence-electron chi connectivity index (χ2n) is 7.76. The Labute approximate surface area is 180 Å². The van der Waals surface area contributed by atoms with Gasteiger partial charge in [-0.25, -0.2) is 0 Å². The van der Waals surface area contributed by atoms with E-state index in [0.717, 1.165) is 42.8 Å².